The Morgan fingerprint density at radius 3 is 2.63 bits per heavy atom. The summed E-state index contributed by atoms with van der Waals surface area (Å²) in [6, 6.07) is 14.3. The number of carbonyl (C=O) groups is 1. The van der Waals surface area contributed by atoms with Crippen LogP contribution in [0.3, 0.4) is 0 Å². The standard InChI is InChI=1S/C20H16F3N3O/c21-20(22,23)17-6-4-5-15(11-17)9-10-19(27)24-12-16-13-25-26(14-16)18-7-2-1-3-8-18/h1-11,13-14H,12H2,(H,24,27)/b10-9+. The monoisotopic (exact) mass is 371 g/mol. The minimum atomic E-state index is -4.41. The number of alkyl halides is 3. The van der Waals surface area contributed by atoms with Gasteiger partial charge in [-0.3, -0.25) is 4.79 Å². The zero-order valence-corrected chi connectivity index (χ0v) is 14.1. The maximum Gasteiger partial charge on any atom is 0.416 e. The van der Waals surface area contributed by atoms with Gasteiger partial charge in [-0.25, -0.2) is 4.68 Å². The number of amides is 1. The van der Waals surface area contributed by atoms with Crippen LogP contribution in [0.15, 0.2) is 73.1 Å². The molecule has 138 valence electrons. The first kappa shape index (κ1) is 18.4. The fraction of sp³-hybridized carbons (Fsp3) is 0.100. The Bertz CT molecular complexity index is 946. The zero-order chi connectivity index (χ0) is 19.3. The summed E-state index contributed by atoms with van der Waals surface area (Å²) in [7, 11) is 0. The molecule has 0 bridgehead atoms. The summed E-state index contributed by atoms with van der Waals surface area (Å²) in [6.07, 6.45) is 1.58. The number of nitrogens with zero attached hydrogens (tertiary/aromatic N) is 2. The SMILES string of the molecule is O=C(/C=C/c1cccc(C(F)(F)F)c1)NCc1cnn(-c2ccccc2)c1. The van der Waals surface area contributed by atoms with E-state index in [2.05, 4.69) is 10.4 Å². The van der Waals surface area contributed by atoms with Crippen LogP contribution in [0.2, 0.25) is 0 Å². The highest BCUT2D eigenvalue weighted by Gasteiger charge is 2.30. The Morgan fingerprint density at radius 1 is 1.11 bits per heavy atom. The molecule has 0 aliphatic heterocycles. The van der Waals surface area contributed by atoms with E-state index in [1.165, 1.54) is 24.3 Å². The lowest BCUT2D eigenvalue weighted by atomic mass is 10.1. The molecule has 0 atom stereocenters. The average Bonchev–Trinajstić information content (AvgIpc) is 3.14. The highest BCUT2D eigenvalue weighted by atomic mass is 19.4. The van der Waals surface area contributed by atoms with Crippen molar-refractivity contribution in [1.29, 1.82) is 0 Å². The van der Waals surface area contributed by atoms with Gasteiger partial charge in [-0.2, -0.15) is 18.3 Å². The Hall–Kier alpha value is -3.35. The van der Waals surface area contributed by atoms with E-state index in [0.29, 0.717) is 5.56 Å². The summed E-state index contributed by atoms with van der Waals surface area (Å²) in [5.41, 5.74) is 1.26. The maximum absolute atomic E-state index is 12.7. The van der Waals surface area contributed by atoms with Crippen molar-refractivity contribution >= 4 is 12.0 Å². The van der Waals surface area contributed by atoms with E-state index < -0.39 is 17.6 Å². The molecule has 7 heteroatoms. The van der Waals surface area contributed by atoms with Gasteiger partial charge < -0.3 is 5.32 Å². The number of hydrogen-bond acceptors (Lipinski definition) is 2. The second kappa shape index (κ2) is 7.90. The van der Waals surface area contributed by atoms with Crippen LogP contribution in [0, 0.1) is 0 Å². The van der Waals surface area contributed by atoms with Crippen LogP contribution in [0.4, 0.5) is 13.2 Å². The molecular weight excluding hydrogens is 355 g/mol. The minimum Gasteiger partial charge on any atom is -0.348 e. The van der Waals surface area contributed by atoms with Gasteiger partial charge >= 0.3 is 6.18 Å². The molecule has 3 aromatic rings. The van der Waals surface area contributed by atoms with Crippen molar-refractivity contribution in [3.63, 3.8) is 0 Å². The van der Waals surface area contributed by atoms with Gasteiger partial charge in [-0.05, 0) is 35.9 Å². The highest BCUT2D eigenvalue weighted by Crippen LogP contribution is 2.29. The van der Waals surface area contributed by atoms with Crippen molar-refractivity contribution in [2.24, 2.45) is 0 Å². The number of aromatic nitrogens is 2. The first-order chi connectivity index (χ1) is 12.9. The summed E-state index contributed by atoms with van der Waals surface area (Å²) in [4.78, 5) is 11.9. The lowest BCUT2D eigenvalue weighted by molar-refractivity contribution is -0.137. The second-order valence-corrected chi connectivity index (χ2v) is 5.80. The van der Waals surface area contributed by atoms with Gasteiger partial charge in [-0.1, -0.05) is 30.3 Å². The van der Waals surface area contributed by atoms with E-state index in [-0.39, 0.29) is 6.54 Å². The van der Waals surface area contributed by atoms with E-state index in [1.54, 1.807) is 17.1 Å². The summed E-state index contributed by atoms with van der Waals surface area (Å²) in [6.45, 7) is 0.262. The summed E-state index contributed by atoms with van der Waals surface area (Å²) < 4.78 is 39.8. The normalized spacial score (nSPS) is 11.7. The van der Waals surface area contributed by atoms with Crippen LogP contribution in [-0.4, -0.2) is 15.7 Å². The second-order valence-electron chi connectivity index (χ2n) is 5.80. The minimum absolute atomic E-state index is 0.262. The zero-order valence-electron chi connectivity index (χ0n) is 14.1. The number of benzene rings is 2. The number of hydrogen-bond donors (Lipinski definition) is 1. The van der Waals surface area contributed by atoms with E-state index in [9.17, 15) is 18.0 Å². The molecule has 0 saturated heterocycles. The first-order valence-corrected chi connectivity index (χ1v) is 8.14. The molecule has 2 aromatic carbocycles. The number of halogens is 3. The maximum atomic E-state index is 12.7. The summed E-state index contributed by atoms with van der Waals surface area (Å²) >= 11 is 0. The molecular formula is C20H16F3N3O. The van der Waals surface area contributed by atoms with Crippen LogP contribution in [0.25, 0.3) is 11.8 Å². The third kappa shape index (κ3) is 5.07. The van der Waals surface area contributed by atoms with Crippen LogP contribution < -0.4 is 5.32 Å². The lowest BCUT2D eigenvalue weighted by Crippen LogP contribution is -2.19. The molecule has 1 heterocycles. The molecule has 0 unspecified atom stereocenters. The van der Waals surface area contributed by atoms with Crippen molar-refractivity contribution in [2.75, 3.05) is 0 Å². The predicted molar refractivity (Wildman–Crippen MR) is 95.9 cm³/mol. The summed E-state index contributed by atoms with van der Waals surface area (Å²) in [5.74, 6) is -0.403. The smallest absolute Gasteiger partial charge is 0.348 e. The quantitative estimate of drug-likeness (QED) is 0.683. The molecule has 3 rings (SSSR count). The van der Waals surface area contributed by atoms with Crippen LogP contribution in [0.5, 0.6) is 0 Å². The van der Waals surface area contributed by atoms with Crippen molar-refractivity contribution < 1.29 is 18.0 Å². The number of para-hydroxylation sites is 1. The number of rotatable bonds is 5. The van der Waals surface area contributed by atoms with Crippen molar-refractivity contribution in [2.45, 2.75) is 12.7 Å². The van der Waals surface area contributed by atoms with E-state index >= 15 is 0 Å². The van der Waals surface area contributed by atoms with Gasteiger partial charge in [0.15, 0.2) is 0 Å². The van der Waals surface area contributed by atoms with Gasteiger partial charge in [0, 0.05) is 24.4 Å². The lowest BCUT2D eigenvalue weighted by Gasteiger charge is -2.06. The van der Waals surface area contributed by atoms with Gasteiger partial charge in [-0.15, -0.1) is 0 Å². The molecule has 0 fully saturated rings. The Morgan fingerprint density at radius 2 is 1.89 bits per heavy atom. The van der Waals surface area contributed by atoms with Gasteiger partial charge in [0.05, 0.1) is 17.4 Å². The van der Waals surface area contributed by atoms with E-state index in [0.717, 1.165) is 23.4 Å². The fourth-order valence-electron chi connectivity index (χ4n) is 2.41. The number of nitrogens with one attached hydrogen (secondary N) is 1. The van der Waals surface area contributed by atoms with Crippen LogP contribution >= 0.6 is 0 Å². The third-order valence-corrected chi connectivity index (χ3v) is 3.76. The van der Waals surface area contributed by atoms with Gasteiger partial charge in [0.1, 0.15) is 0 Å². The van der Waals surface area contributed by atoms with Gasteiger partial charge in [0.25, 0.3) is 0 Å². The third-order valence-electron chi connectivity index (χ3n) is 3.76. The first-order valence-electron chi connectivity index (χ1n) is 8.14. The molecule has 1 N–H and O–H groups in total. The topological polar surface area (TPSA) is 46.9 Å². The van der Waals surface area contributed by atoms with Crippen LogP contribution in [-0.2, 0) is 17.5 Å². The molecule has 0 aliphatic carbocycles. The predicted octanol–water partition coefficient (Wildman–Crippen LogP) is 4.22. The number of carbonyl (C=O) groups excluding carboxylic acids is 1. The van der Waals surface area contributed by atoms with Crippen molar-refractivity contribution in [3.05, 3.63) is 89.8 Å². The highest BCUT2D eigenvalue weighted by molar-refractivity contribution is 5.91. The Balaban J connectivity index is 1.57. The molecule has 27 heavy (non-hydrogen) atoms. The average molecular weight is 371 g/mol. The Labute approximate surface area is 153 Å². The molecule has 1 amide bonds. The van der Waals surface area contributed by atoms with Crippen molar-refractivity contribution in [3.8, 4) is 5.69 Å². The van der Waals surface area contributed by atoms with Gasteiger partial charge in [0.2, 0.25) is 5.91 Å². The molecule has 1 aromatic heterocycles. The largest absolute Gasteiger partial charge is 0.416 e. The van der Waals surface area contributed by atoms with E-state index in [4.69, 9.17) is 0 Å². The summed E-state index contributed by atoms with van der Waals surface area (Å²) in [5, 5.41) is 6.91. The molecule has 0 radical (unpaired) electrons. The van der Waals surface area contributed by atoms with Crippen LogP contribution in [0.1, 0.15) is 16.7 Å². The molecule has 4 nitrogen and oxygen atoms in total. The fourth-order valence-corrected chi connectivity index (χ4v) is 2.41. The van der Waals surface area contributed by atoms with E-state index in [1.807, 2.05) is 30.3 Å². The molecule has 0 aliphatic rings. The van der Waals surface area contributed by atoms with Crippen molar-refractivity contribution in [1.82, 2.24) is 15.1 Å². The molecule has 0 spiro atoms. The Kier molecular flexibility index (Phi) is 5.40. The molecule has 0 saturated carbocycles.